The van der Waals surface area contributed by atoms with E-state index in [2.05, 4.69) is 9.72 Å². The Hall–Kier alpha value is -2.71. The molecule has 0 spiro atoms. The number of pyridine rings is 1. The molecular weight excluding hydrogens is 306 g/mol. The number of esters is 1. The van der Waals surface area contributed by atoms with Gasteiger partial charge in [0.2, 0.25) is 5.82 Å². The van der Waals surface area contributed by atoms with E-state index in [9.17, 15) is 19.7 Å². The quantitative estimate of drug-likeness (QED) is 0.474. The molecule has 0 saturated heterocycles. The molecule has 0 aliphatic rings. The number of methoxy groups -OCH3 is 1. The second-order valence-electron chi connectivity index (χ2n) is 5.65. The number of nitrogens with zero attached hydrogens (tertiary/aromatic N) is 3. The predicted octanol–water partition coefficient (Wildman–Crippen LogP) is 2.29. The molecule has 1 aromatic rings. The van der Waals surface area contributed by atoms with Crippen molar-refractivity contribution < 1.29 is 24.0 Å². The molecule has 1 unspecified atom stereocenters. The van der Waals surface area contributed by atoms with Gasteiger partial charge in [-0.3, -0.25) is 10.1 Å². The third kappa shape index (κ3) is 4.63. The van der Waals surface area contributed by atoms with Crippen LogP contribution in [0.2, 0.25) is 0 Å². The zero-order chi connectivity index (χ0) is 17.8. The van der Waals surface area contributed by atoms with E-state index in [0.29, 0.717) is 0 Å². The monoisotopic (exact) mass is 325 g/mol. The summed E-state index contributed by atoms with van der Waals surface area (Å²) in [6.45, 7) is 6.28. The fourth-order valence-corrected chi connectivity index (χ4v) is 1.73. The summed E-state index contributed by atoms with van der Waals surface area (Å²) in [6, 6.07) is 1.39. The van der Waals surface area contributed by atoms with Crippen molar-refractivity contribution in [3.8, 4) is 0 Å². The molecule has 1 heterocycles. The molecule has 23 heavy (non-hydrogen) atoms. The molecule has 0 bridgehead atoms. The lowest BCUT2D eigenvalue weighted by Crippen LogP contribution is -2.47. The zero-order valence-corrected chi connectivity index (χ0v) is 13.6. The number of carbonyl (C=O) groups is 2. The molecule has 0 saturated carbocycles. The van der Waals surface area contributed by atoms with E-state index < -0.39 is 34.3 Å². The second-order valence-corrected chi connectivity index (χ2v) is 5.65. The Balaban J connectivity index is 3.38. The summed E-state index contributed by atoms with van der Waals surface area (Å²) in [4.78, 5) is 39.4. The van der Waals surface area contributed by atoms with Gasteiger partial charge in [-0.15, -0.1) is 0 Å². The van der Waals surface area contributed by atoms with E-state index >= 15 is 0 Å². The maximum Gasteiger partial charge on any atom is 0.417 e. The van der Waals surface area contributed by atoms with E-state index in [1.807, 2.05) is 0 Å². The largest absolute Gasteiger partial charge is 0.467 e. The average molecular weight is 325 g/mol. The van der Waals surface area contributed by atoms with Crippen LogP contribution in [-0.2, 0) is 14.3 Å². The Bertz CT molecular complexity index is 611. The van der Waals surface area contributed by atoms with Gasteiger partial charge in [-0.05, 0) is 33.8 Å². The first-order valence-corrected chi connectivity index (χ1v) is 6.78. The molecule has 0 fully saturated rings. The van der Waals surface area contributed by atoms with Gasteiger partial charge >= 0.3 is 17.7 Å². The van der Waals surface area contributed by atoms with Gasteiger partial charge in [0.05, 0.1) is 12.0 Å². The molecule has 1 rings (SSSR count). The predicted molar refractivity (Wildman–Crippen MR) is 81.1 cm³/mol. The van der Waals surface area contributed by atoms with E-state index in [1.54, 1.807) is 20.8 Å². The van der Waals surface area contributed by atoms with Gasteiger partial charge in [-0.25, -0.2) is 19.5 Å². The molecular formula is C14H19N3O6. The smallest absolute Gasteiger partial charge is 0.417 e. The van der Waals surface area contributed by atoms with Crippen LogP contribution in [-0.4, -0.2) is 40.7 Å². The van der Waals surface area contributed by atoms with Crippen molar-refractivity contribution in [2.45, 2.75) is 39.3 Å². The minimum absolute atomic E-state index is 0.287. The van der Waals surface area contributed by atoms with Crippen LogP contribution in [0.15, 0.2) is 18.3 Å². The first-order chi connectivity index (χ1) is 10.6. The van der Waals surface area contributed by atoms with E-state index in [-0.39, 0.29) is 5.82 Å². The van der Waals surface area contributed by atoms with Gasteiger partial charge in [-0.2, -0.15) is 0 Å². The highest BCUT2D eigenvalue weighted by atomic mass is 16.6. The minimum atomic E-state index is -1.15. The van der Waals surface area contributed by atoms with Crippen molar-refractivity contribution in [2.75, 3.05) is 12.0 Å². The number of nitro groups is 1. The molecule has 0 aliphatic heterocycles. The lowest BCUT2D eigenvalue weighted by atomic mass is 10.2. The van der Waals surface area contributed by atoms with Crippen LogP contribution in [0.1, 0.15) is 27.7 Å². The van der Waals surface area contributed by atoms with E-state index in [4.69, 9.17) is 4.74 Å². The lowest BCUT2D eigenvalue weighted by Gasteiger charge is -2.29. The lowest BCUT2D eigenvalue weighted by molar-refractivity contribution is -0.384. The number of hydrogen-bond acceptors (Lipinski definition) is 7. The molecule has 1 amide bonds. The topological polar surface area (TPSA) is 112 Å². The number of ether oxygens (including phenoxy) is 2. The van der Waals surface area contributed by atoms with Gasteiger partial charge in [0.1, 0.15) is 11.6 Å². The summed E-state index contributed by atoms with van der Waals surface area (Å²) in [6.07, 6.45) is 0.348. The highest BCUT2D eigenvalue weighted by molar-refractivity contribution is 5.96. The Morgan fingerprint density at radius 3 is 2.48 bits per heavy atom. The standard InChI is InChI=1S/C14H19N3O6/c1-9(12(18)22-5)16(13(19)23-14(2,3)4)11-10(17(20)21)7-6-8-15-11/h6-9H,1-5H3. The third-order valence-electron chi connectivity index (χ3n) is 2.71. The van der Waals surface area contributed by atoms with Crippen molar-refractivity contribution >= 4 is 23.6 Å². The summed E-state index contributed by atoms with van der Waals surface area (Å²) < 4.78 is 9.83. The first-order valence-electron chi connectivity index (χ1n) is 6.78. The maximum atomic E-state index is 12.4. The van der Waals surface area contributed by atoms with Crippen molar-refractivity contribution in [3.63, 3.8) is 0 Å². The van der Waals surface area contributed by atoms with Crippen molar-refractivity contribution in [3.05, 3.63) is 28.4 Å². The first kappa shape index (κ1) is 18.3. The Labute approximate surface area is 133 Å². The maximum absolute atomic E-state index is 12.4. The number of rotatable bonds is 4. The Morgan fingerprint density at radius 2 is 2.00 bits per heavy atom. The summed E-state index contributed by atoms with van der Waals surface area (Å²) >= 11 is 0. The van der Waals surface area contributed by atoms with Gasteiger partial charge in [0.15, 0.2) is 0 Å². The van der Waals surface area contributed by atoms with Crippen molar-refractivity contribution in [2.24, 2.45) is 0 Å². The van der Waals surface area contributed by atoms with Crippen LogP contribution in [0.5, 0.6) is 0 Å². The minimum Gasteiger partial charge on any atom is -0.467 e. The summed E-state index contributed by atoms with van der Waals surface area (Å²) in [5.41, 5.74) is -1.27. The average Bonchev–Trinajstić information content (AvgIpc) is 2.44. The van der Waals surface area contributed by atoms with Crippen molar-refractivity contribution in [1.29, 1.82) is 0 Å². The van der Waals surface area contributed by atoms with Crippen LogP contribution in [0.3, 0.4) is 0 Å². The van der Waals surface area contributed by atoms with E-state index in [1.165, 1.54) is 25.3 Å². The molecule has 0 aromatic carbocycles. The fourth-order valence-electron chi connectivity index (χ4n) is 1.73. The number of hydrogen-bond donors (Lipinski definition) is 0. The number of aromatic nitrogens is 1. The SMILES string of the molecule is COC(=O)C(C)N(C(=O)OC(C)(C)C)c1ncccc1[N+](=O)[O-]. The van der Waals surface area contributed by atoms with Gasteiger partial charge in [0.25, 0.3) is 0 Å². The van der Waals surface area contributed by atoms with Crippen LogP contribution in [0.25, 0.3) is 0 Å². The van der Waals surface area contributed by atoms with Crippen LogP contribution >= 0.6 is 0 Å². The molecule has 0 radical (unpaired) electrons. The summed E-state index contributed by atoms with van der Waals surface area (Å²) in [5.74, 6) is -1.04. The third-order valence-corrected chi connectivity index (χ3v) is 2.71. The molecule has 9 nitrogen and oxygen atoms in total. The summed E-state index contributed by atoms with van der Waals surface area (Å²) in [5, 5.41) is 11.2. The number of carbonyl (C=O) groups excluding carboxylic acids is 2. The highest BCUT2D eigenvalue weighted by Gasteiger charge is 2.36. The highest BCUT2D eigenvalue weighted by Crippen LogP contribution is 2.28. The van der Waals surface area contributed by atoms with Gasteiger partial charge < -0.3 is 9.47 Å². The fraction of sp³-hybridized carbons (Fsp3) is 0.500. The van der Waals surface area contributed by atoms with Crippen LogP contribution < -0.4 is 4.90 Å². The normalized spacial score (nSPS) is 12.2. The molecule has 1 atom stereocenters. The Kier molecular flexibility index (Phi) is 5.61. The van der Waals surface area contributed by atoms with Crippen molar-refractivity contribution in [1.82, 2.24) is 4.98 Å². The second kappa shape index (κ2) is 7.03. The Morgan fingerprint density at radius 1 is 1.39 bits per heavy atom. The molecule has 1 aromatic heterocycles. The van der Waals surface area contributed by atoms with Crippen LogP contribution in [0, 0.1) is 10.1 Å². The number of anilines is 1. The summed E-state index contributed by atoms with van der Waals surface area (Å²) in [7, 11) is 1.15. The molecule has 0 N–H and O–H groups in total. The molecule has 126 valence electrons. The van der Waals surface area contributed by atoms with Gasteiger partial charge in [0, 0.05) is 12.3 Å². The molecule has 0 aliphatic carbocycles. The van der Waals surface area contributed by atoms with Crippen LogP contribution in [0.4, 0.5) is 16.3 Å². The van der Waals surface area contributed by atoms with E-state index in [0.717, 1.165) is 12.0 Å². The van der Waals surface area contributed by atoms with Gasteiger partial charge in [-0.1, -0.05) is 0 Å². The molecule has 9 heteroatoms. The zero-order valence-electron chi connectivity index (χ0n) is 13.6. The number of amides is 1.